The summed E-state index contributed by atoms with van der Waals surface area (Å²) in [4.78, 5) is 23.1. The summed E-state index contributed by atoms with van der Waals surface area (Å²) in [5.41, 5.74) is 1.05. The molecule has 0 fully saturated rings. The predicted molar refractivity (Wildman–Crippen MR) is 97.6 cm³/mol. The summed E-state index contributed by atoms with van der Waals surface area (Å²) in [5.74, 6) is 0.512. The second-order valence-corrected chi connectivity index (χ2v) is 5.94. The van der Waals surface area contributed by atoms with Crippen LogP contribution >= 0.6 is 15.9 Å². The average Bonchev–Trinajstić information content (AvgIpc) is 2.56. The van der Waals surface area contributed by atoms with E-state index in [-0.39, 0.29) is 5.69 Å². The molecule has 0 bridgehead atoms. The van der Waals surface area contributed by atoms with Crippen LogP contribution in [0.5, 0.6) is 11.5 Å². The number of hydrogen-bond acceptors (Lipinski definition) is 5. The van der Waals surface area contributed by atoms with Crippen LogP contribution in [0, 0.1) is 17.0 Å². The molecule has 25 heavy (non-hydrogen) atoms. The number of nitro benzene ring substituents is 1. The number of ether oxygens (including phenoxy) is 2. The molecular formula is C17H17BrN2O5. The van der Waals surface area contributed by atoms with E-state index in [0.29, 0.717) is 39.4 Å². The Morgan fingerprint density at radius 1 is 1.36 bits per heavy atom. The summed E-state index contributed by atoms with van der Waals surface area (Å²) < 4.78 is 11.3. The van der Waals surface area contributed by atoms with Gasteiger partial charge in [-0.3, -0.25) is 14.9 Å². The first-order chi connectivity index (χ1) is 11.9. The fourth-order valence-electron chi connectivity index (χ4n) is 2.31. The van der Waals surface area contributed by atoms with Crippen molar-refractivity contribution in [3.63, 3.8) is 0 Å². The normalized spacial score (nSPS) is 10.2. The third-order valence-corrected chi connectivity index (χ3v) is 4.11. The van der Waals surface area contributed by atoms with Crippen LogP contribution in [0.15, 0.2) is 34.8 Å². The Morgan fingerprint density at radius 2 is 2.08 bits per heavy atom. The lowest BCUT2D eigenvalue weighted by molar-refractivity contribution is -0.385. The molecule has 0 aliphatic carbocycles. The molecule has 0 radical (unpaired) electrons. The summed E-state index contributed by atoms with van der Waals surface area (Å²) in [6, 6.07) is 7.69. The van der Waals surface area contributed by atoms with E-state index in [9.17, 15) is 14.9 Å². The van der Waals surface area contributed by atoms with Crippen LogP contribution in [0.25, 0.3) is 0 Å². The quantitative estimate of drug-likeness (QED) is 0.567. The van der Waals surface area contributed by atoms with Crippen molar-refractivity contribution >= 4 is 33.2 Å². The van der Waals surface area contributed by atoms with E-state index >= 15 is 0 Å². The highest BCUT2D eigenvalue weighted by Crippen LogP contribution is 2.37. The third kappa shape index (κ3) is 4.08. The lowest BCUT2D eigenvalue weighted by Gasteiger charge is -2.14. The number of anilines is 1. The van der Waals surface area contributed by atoms with E-state index in [2.05, 4.69) is 21.2 Å². The molecule has 2 rings (SSSR count). The molecule has 7 nitrogen and oxygen atoms in total. The van der Waals surface area contributed by atoms with Gasteiger partial charge in [0, 0.05) is 11.6 Å². The van der Waals surface area contributed by atoms with Crippen molar-refractivity contribution in [3.05, 3.63) is 56.0 Å². The first-order valence-electron chi connectivity index (χ1n) is 7.44. The van der Waals surface area contributed by atoms with Crippen LogP contribution in [0.2, 0.25) is 0 Å². The molecule has 0 aliphatic rings. The number of benzene rings is 2. The van der Waals surface area contributed by atoms with Gasteiger partial charge in [0.1, 0.15) is 0 Å². The van der Waals surface area contributed by atoms with Gasteiger partial charge in [-0.2, -0.15) is 0 Å². The molecular weight excluding hydrogens is 392 g/mol. The maximum atomic E-state index is 12.6. The molecule has 0 unspecified atom stereocenters. The molecule has 1 N–H and O–H groups in total. The number of methoxy groups -OCH3 is 1. The van der Waals surface area contributed by atoms with Gasteiger partial charge in [0.15, 0.2) is 11.5 Å². The Morgan fingerprint density at radius 3 is 2.68 bits per heavy atom. The number of hydrogen-bond donors (Lipinski definition) is 1. The Bertz CT molecular complexity index is 823. The summed E-state index contributed by atoms with van der Waals surface area (Å²) in [6.07, 6.45) is 0. The first-order valence-corrected chi connectivity index (χ1v) is 8.24. The maximum absolute atomic E-state index is 12.6. The van der Waals surface area contributed by atoms with Crippen LogP contribution in [0.4, 0.5) is 11.4 Å². The molecule has 2 aromatic rings. The van der Waals surface area contributed by atoms with Gasteiger partial charge >= 0.3 is 0 Å². The lowest BCUT2D eigenvalue weighted by Crippen LogP contribution is -2.14. The van der Waals surface area contributed by atoms with Crippen LogP contribution in [0.1, 0.15) is 22.8 Å². The first kappa shape index (κ1) is 18.7. The fourth-order valence-corrected chi connectivity index (χ4v) is 2.92. The minimum Gasteiger partial charge on any atom is -0.492 e. The van der Waals surface area contributed by atoms with Crippen LogP contribution < -0.4 is 14.8 Å². The average molecular weight is 409 g/mol. The van der Waals surface area contributed by atoms with Crippen molar-refractivity contribution in [1.82, 2.24) is 0 Å². The SMILES string of the molecule is CCOc1cc(C(=O)Nc2cccc([N+](=O)[O-])c2C)cc(Br)c1OC. The molecule has 132 valence electrons. The number of rotatable bonds is 6. The Balaban J connectivity index is 2.36. The van der Waals surface area contributed by atoms with Crippen molar-refractivity contribution in [2.45, 2.75) is 13.8 Å². The number of nitrogens with zero attached hydrogens (tertiary/aromatic N) is 1. The largest absolute Gasteiger partial charge is 0.492 e. The number of halogens is 1. The molecule has 8 heteroatoms. The van der Waals surface area contributed by atoms with E-state index in [0.717, 1.165) is 0 Å². The number of amides is 1. The van der Waals surface area contributed by atoms with E-state index < -0.39 is 10.8 Å². The van der Waals surface area contributed by atoms with Gasteiger partial charge in [-0.25, -0.2) is 0 Å². The van der Waals surface area contributed by atoms with Crippen molar-refractivity contribution in [2.24, 2.45) is 0 Å². The monoisotopic (exact) mass is 408 g/mol. The summed E-state index contributed by atoms with van der Waals surface area (Å²) in [6.45, 7) is 3.83. The zero-order valence-electron chi connectivity index (χ0n) is 14.0. The zero-order chi connectivity index (χ0) is 18.6. The van der Waals surface area contributed by atoms with Gasteiger partial charge in [0.2, 0.25) is 0 Å². The van der Waals surface area contributed by atoms with Crippen LogP contribution in [-0.2, 0) is 0 Å². The Hall–Kier alpha value is -2.61. The highest BCUT2D eigenvalue weighted by atomic mass is 79.9. The van der Waals surface area contributed by atoms with Crippen molar-refractivity contribution in [3.8, 4) is 11.5 Å². The van der Waals surface area contributed by atoms with Crippen molar-refractivity contribution in [2.75, 3.05) is 19.0 Å². The minimum absolute atomic E-state index is 0.0521. The predicted octanol–water partition coefficient (Wildman–Crippen LogP) is 4.33. The zero-order valence-corrected chi connectivity index (χ0v) is 15.5. The van der Waals surface area contributed by atoms with Gasteiger partial charge in [-0.15, -0.1) is 0 Å². The van der Waals surface area contributed by atoms with E-state index in [4.69, 9.17) is 9.47 Å². The molecule has 0 atom stereocenters. The molecule has 0 spiro atoms. The Kier molecular flexibility index (Phi) is 5.97. The smallest absolute Gasteiger partial charge is 0.274 e. The number of nitro groups is 1. The second kappa shape index (κ2) is 7.98. The van der Waals surface area contributed by atoms with E-state index in [1.54, 1.807) is 25.1 Å². The summed E-state index contributed by atoms with van der Waals surface area (Å²) in [5, 5.41) is 13.7. The second-order valence-electron chi connectivity index (χ2n) is 5.08. The highest BCUT2D eigenvalue weighted by molar-refractivity contribution is 9.10. The fraction of sp³-hybridized carbons (Fsp3) is 0.235. The van der Waals surface area contributed by atoms with E-state index in [1.807, 2.05) is 6.92 Å². The number of carbonyl (C=O) groups excluding carboxylic acids is 1. The maximum Gasteiger partial charge on any atom is 0.274 e. The molecule has 2 aromatic carbocycles. The standard InChI is InChI=1S/C17H17BrN2O5/c1-4-25-15-9-11(8-12(18)16(15)24-3)17(21)19-13-6-5-7-14(10(13)2)20(22)23/h5-9H,4H2,1-3H3,(H,19,21). The third-order valence-electron chi connectivity index (χ3n) is 3.53. The molecule has 0 saturated heterocycles. The molecule has 0 aliphatic heterocycles. The van der Waals surface area contributed by atoms with Crippen molar-refractivity contribution < 1.29 is 19.2 Å². The highest BCUT2D eigenvalue weighted by Gasteiger charge is 2.18. The summed E-state index contributed by atoms with van der Waals surface area (Å²) in [7, 11) is 1.51. The molecule has 0 heterocycles. The number of carbonyl (C=O) groups is 1. The topological polar surface area (TPSA) is 90.7 Å². The van der Waals surface area contributed by atoms with Gasteiger partial charge < -0.3 is 14.8 Å². The van der Waals surface area contributed by atoms with Crippen LogP contribution in [-0.4, -0.2) is 24.5 Å². The van der Waals surface area contributed by atoms with Gasteiger partial charge in [-0.1, -0.05) is 6.07 Å². The Labute approximate surface area is 153 Å². The van der Waals surface area contributed by atoms with Crippen molar-refractivity contribution in [1.29, 1.82) is 0 Å². The lowest BCUT2D eigenvalue weighted by atomic mass is 10.1. The van der Waals surface area contributed by atoms with E-state index in [1.165, 1.54) is 19.2 Å². The van der Waals surface area contributed by atoms with Crippen LogP contribution in [0.3, 0.4) is 0 Å². The molecule has 0 aromatic heterocycles. The molecule has 0 saturated carbocycles. The molecule has 1 amide bonds. The van der Waals surface area contributed by atoms with Gasteiger partial charge in [0.25, 0.3) is 11.6 Å². The minimum atomic E-state index is -0.484. The van der Waals surface area contributed by atoms with Gasteiger partial charge in [-0.05, 0) is 48.0 Å². The van der Waals surface area contributed by atoms with Gasteiger partial charge in [0.05, 0.1) is 34.4 Å². The summed E-state index contributed by atoms with van der Waals surface area (Å²) >= 11 is 3.35. The number of nitrogens with one attached hydrogen (secondary N) is 1.